The van der Waals surface area contributed by atoms with Crippen molar-refractivity contribution in [3.63, 3.8) is 0 Å². The van der Waals surface area contributed by atoms with E-state index in [1.165, 1.54) is 30.0 Å². The van der Waals surface area contributed by atoms with Crippen LogP contribution in [0.2, 0.25) is 0 Å². The van der Waals surface area contributed by atoms with Gasteiger partial charge in [-0.2, -0.15) is 5.26 Å². The van der Waals surface area contributed by atoms with Crippen LogP contribution < -0.4 is 42.2 Å². The van der Waals surface area contributed by atoms with E-state index in [0.29, 0.717) is 51.2 Å². The largest absolute Gasteiger partial charge is 0.492 e. The van der Waals surface area contributed by atoms with Crippen LogP contribution in [0.15, 0.2) is 84.9 Å². The van der Waals surface area contributed by atoms with Gasteiger partial charge in [0, 0.05) is 43.2 Å². The van der Waals surface area contributed by atoms with Gasteiger partial charge < -0.3 is 47.1 Å². The Morgan fingerprint density at radius 3 is 2.11 bits per heavy atom. The van der Waals surface area contributed by atoms with E-state index in [1.807, 2.05) is 31.2 Å². The van der Waals surface area contributed by atoms with E-state index in [2.05, 4.69) is 45.5 Å². The van der Waals surface area contributed by atoms with Crippen molar-refractivity contribution >= 4 is 29.5 Å². The Morgan fingerprint density at radius 2 is 1.45 bits per heavy atom. The molecular formula is C47H54N8O7. The van der Waals surface area contributed by atoms with E-state index in [4.69, 9.17) is 26.2 Å². The molecule has 1 aliphatic carbocycles. The zero-order valence-corrected chi connectivity index (χ0v) is 35.2. The average Bonchev–Trinajstić information content (AvgIpc) is 3.25. The standard InChI is InChI=1S/C47H54N8O7/c1-28-21-32(35-24-34(25-35)31-7-5-4-6-8-31)10-12-36(28)45(58)52-27-42(56)55(3)43-33-11-14-41(62-20-17-50)38(26-33)37-22-30(9-13-40(37)61-19-16-49)23-39(46(59)51-18-15-48)54-44(57)29(2)53-47(43)60/h4-14,21-22,26,29,34-35,39,43H,16-20,23-25,27,49-50H2,1-3H3,(H,51,59)(H,52,58)(H,53,60)(H,54,57)/t29-,34?,35?,39?,43?/m0/s1. The van der Waals surface area contributed by atoms with Gasteiger partial charge in [0.15, 0.2) is 0 Å². The number of carbonyl (C=O) groups excluding carboxylic acids is 5. The number of nitrogens with zero attached hydrogens (tertiary/aromatic N) is 2. The first-order chi connectivity index (χ1) is 29.9. The smallest absolute Gasteiger partial charge is 0.251 e. The number of carbonyl (C=O) groups is 5. The van der Waals surface area contributed by atoms with Crippen molar-refractivity contribution in [2.24, 2.45) is 11.5 Å². The highest BCUT2D eigenvalue weighted by molar-refractivity contribution is 5.99. The summed E-state index contributed by atoms with van der Waals surface area (Å²) < 4.78 is 12.1. The number of rotatable bonds is 14. The minimum absolute atomic E-state index is 0.0253. The molecule has 0 radical (unpaired) electrons. The lowest BCUT2D eigenvalue weighted by molar-refractivity contribution is -0.139. The van der Waals surface area contributed by atoms with E-state index < -0.39 is 54.2 Å². The summed E-state index contributed by atoms with van der Waals surface area (Å²) in [6.45, 7) is 3.38. The average molecular weight is 843 g/mol. The highest BCUT2D eigenvalue weighted by atomic mass is 16.5. The van der Waals surface area contributed by atoms with Gasteiger partial charge in [0.2, 0.25) is 23.6 Å². The molecule has 6 rings (SSSR count). The Hall–Kier alpha value is -6.76. The molecule has 1 heterocycles. The summed E-state index contributed by atoms with van der Waals surface area (Å²) in [7, 11) is 1.44. The number of hydrogen-bond acceptors (Lipinski definition) is 10. The topological polar surface area (TPSA) is 231 Å². The second-order valence-corrected chi connectivity index (χ2v) is 15.7. The molecule has 1 fully saturated rings. The number of nitriles is 1. The van der Waals surface area contributed by atoms with Crippen molar-refractivity contribution in [2.75, 3.05) is 46.4 Å². The summed E-state index contributed by atoms with van der Waals surface area (Å²) in [5.74, 6) is -1.26. The molecule has 8 N–H and O–H groups in total. The van der Waals surface area contributed by atoms with Crippen molar-refractivity contribution in [2.45, 2.75) is 63.1 Å². The Kier molecular flexibility index (Phi) is 14.9. The molecule has 4 aromatic rings. The molecule has 2 aliphatic rings. The fraction of sp³-hybridized carbons (Fsp3) is 0.362. The van der Waals surface area contributed by atoms with Gasteiger partial charge in [0.05, 0.1) is 12.6 Å². The van der Waals surface area contributed by atoms with Gasteiger partial charge in [-0.1, -0.05) is 54.6 Å². The third kappa shape index (κ3) is 10.6. The highest BCUT2D eigenvalue weighted by Crippen LogP contribution is 2.47. The van der Waals surface area contributed by atoms with E-state index in [-0.39, 0.29) is 39.3 Å². The molecule has 324 valence electrons. The first kappa shape index (κ1) is 44.8. The molecule has 15 nitrogen and oxygen atoms in total. The Morgan fingerprint density at radius 1 is 0.806 bits per heavy atom. The molecule has 5 amide bonds. The number of likely N-dealkylation sites (N-methyl/N-ethyl adjacent to an activating group) is 1. The Balaban J connectivity index is 1.28. The van der Waals surface area contributed by atoms with Gasteiger partial charge in [-0.3, -0.25) is 24.0 Å². The monoisotopic (exact) mass is 842 g/mol. The van der Waals surface area contributed by atoms with Crippen LogP contribution in [0, 0.1) is 18.3 Å². The number of hydrogen-bond donors (Lipinski definition) is 6. The van der Waals surface area contributed by atoms with Crippen molar-refractivity contribution in [3.05, 3.63) is 118 Å². The maximum Gasteiger partial charge on any atom is 0.251 e. The maximum absolute atomic E-state index is 14.3. The van der Waals surface area contributed by atoms with Crippen LogP contribution >= 0.6 is 0 Å². The predicted molar refractivity (Wildman–Crippen MR) is 233 cm³/mol. The molecule has 2 unspecified atom stereocenters. The number of benzene rings is 4. The predicted octanol–water partition coefficient (Wildman–Crippen LogP) is 3.11. The number of aryl methyl sites for hydroxylation is 1. The minimum atomic E-state index is -1.31. The van der Waals surface area contributed by atoms with E-state index in [1.54, 1.807) is 42.5 Å². The minimum Gasteiger partial charge on any atom is -0.492 e. The SMILES string of the molecule is Cc1cc(C2CC(c3ccccc3)C2)ccc1C(=O)NCC(=O)N(C)C1C(=O)N[C@@H](C)C(=O)NC(C(=O)NCC#N)Cc2ccc(OCCN)c(c2)-c2cc1ccc2OCCN. The lowest BCUT2D eigenvalue weighted by atomic mass is 9.68. The van der Waals surface area contributed by atoms with Gasteiger partial charge in [0.25, 0.3) is 5.91 Å². The fourth-order valence-electron chi connectivity index (χ4n) is 7.94. The Labute approximate surface area is 361 Å². The number of ether oxygens (including phenoxy) is 2. The van der Waals surface area contributed by atoms with Crippen molar-refractivity contribution < 1.29 is 33.4 Å². The zero-order chi connectivity index (χ0) is 44.3. The van der Waals surface area contributed by atoms with Crippen LogP contribution in [-0.4, -0.2) is 93.0 Å². The molecule has 0 spiro atoms. The summed E-state index contributed by atoms with van der Waals surface area (Å²) in [5, 5.41) is 19.8. The number of nitrogens with one attached hydrogen (secondary N) is 4. The Bertz CT molecular complexity index is 2320. The van der Waals surface area contributed by atoms with E-state index in [0.717, 1.165) is 18.4 Å². The van der Waals surface area contributed by atoms with Crippen LogP contribution in [0.3, 0.4) is 0 Å². The van der Waals surface area contributed by atoms with Gasteiger partial charge in [-0.15, -0.1) is 0 Å². The molecule has 0 saturated heterocycles. The summed E-state index contributed by atoms with van der Waals surface area (Å²) >= 11 is 0. The van der Waals surface area contributed by atoms with Crippen LogP contribution in [0.25, 0.3) is 11.1 Å². The van der Waals surface area contributed by atoms with Crippen molar-refractivity contribution in [1.82, 2.24) is 26.2 Å². The second-order valence-electron chi connectivity index (χ2n) is 15.7. The van der Waals surface area contributed by atoms with Crippen LogP contribution in [0.1, 0.15) is 75.8 Å². The van der Waals surface area contributed by atoms with Gasteiger partial charge >= 0.3 is 0 Å². The normalized spacial score (nSPS) is 19.6. The van der Waals surface area contributed by atoms with Crippen molar-refractivity contribution in [1.29, 1.82) is 5.26 Å². The molecule has 62 heavy (non-hydrogen) atoms. The summed E-state index contributed by atoms with van der Waals surface area (Å²) in [6.07, 6.45) is 2.10. The summed E-state index contributed by atoms with van der Waals surface area (Å²) in [4.78, 5) is 69.9. The number of amides is 5. The maximum atomic E-state index is 14.3. The quantitative estimate of drug-likeness (QED) is 0.102. The summed E-state index contributed by atoms with van der Waals surface area (Å²) in [6, 6.07) is 24.8. The van der Waals surface area contributed by atoms with Crippen LogP contribution in [-0.2, 0) is 25.6 Å². The molecule has 1 saturated carbocycles. The van der Waals surface area contributed by atoms with E-state index in [9.17, 15) is 24.0 Å². The first-order valence-electron chi connectivity index (χ1n) is 20.8. The lowest BCUT2D eigenvalue weighted by Crippen LogP contribution is -2.55. The van der Waals surface area contributed by atoms with Crippen LogP contribution in [0.5, 0.6) is 11.5 Å². The first-order valence-corrected chi connectivity index (χ1v) is 20.8. The molecule has 1 aliphatic heterocycles. The molecule has 15 heteroatoms. The van der Waals surface area contributed by atoms with Gasteiger partial charge in [-0.05, 0) is 96.7 Å². The highest BCUT2D eigenvalue weighted by Gasteiger charge is 2.34. The fourth-order valence-corrected chi connectivity index (χ4v) is 7.94. The third-order valence-electron chi connectivity index (χ3n) is 11.4. The zero-order valence-electron chi connectivity index (χ0n) is 35.2. The van der Waals surface area contributed by atoms with Crippen molar-refractivity contribution in [3.8, 4) is 28.7 Å². The molecule has 4 bridgehead atoms. The number of fused-ring (bicyclic) bond motifs is 5. The third-order valence-corrected chi connectivity index (χ3v) is 11.4. The van der Waals surface area contributed by atoms with Gasteiger partial charge in [0.1, 0.15) is 49.4 Å². The molecule has 4 aromatic carbocycles. The van der Waals surface area contributed by atoms with E-state index >= 15 is 0 Å². The molecular weight excluding hydrogens is 789 g/mol. The summed E-state index contributed by atoms with van der Waals surface area (Å²) in [5.41, 5.74) is 17.4. The van der Waals surface area contributed by atoms with Crippen LogP contribution in [0.4, 0.5) is 0 Å². The lowest BCUT2D eigenvalue weighted by Gasteiger charge is -2.36. The molecule has 0 aromatic heterocycles. The second kappa shape index (κ2) is 20.7. The molecule has 3 atom stereocenters. The number of nitrogens with two attached hydrogens (primary N) is 2. The van der Waals surface area contributed by atoms with Gasteiger partial charge in [-0.25, -0.2) is 0 Å².